The summed E-state index contributed by atoms with van der Waals surface area (Å²) < 4.78 is 19.1. The Morgan fingerprint density at radius 3 is 3.14 bits per heavy atom. The Balaban J connectivity index is 1.79. The Kier molecular flexibility index (Phi) is 3.91. The number of carboxylic acid groups (broad SMARTS) is 1. The van der Waals surface area contributed by atoms with E-state index in [9.17, 15) is 9.18 Å². The molecule has 1 aromatic heterocycles. The molecule has 1 atom stereocenters. The van der Waals surface area contributed by atoms with Crippen molar-refractivity contribution in [2.24, 2.45) is 0 Å². The number of hydrogen-bond acceptors (Lipinski definition) is 4. The van der Waals surface area contributed by atoms with E-state index in [-0.39, 0.29) is 17.3 Å². The van der Waals surface area contributed by atoms with Gasteiger partial charge in [-0.05, 0) is 18.6 Å². The molecule has 1 aliphatic rings. The Morgan fingerprint density at radius 2 is 2.32 bits per heavy atom. The molecule has 2 heterocycles. The number of aromatic nitrogens is 1. The van der Waals surface area contributed by atoms with E-state index in [1.165, 1.54) is 24.5 Å². The van der Waals surface area contributed by atoms with Crippen LogP contribution in [-0.2, 0) is 0 Å². The molecule has 0 spiro atoms. The molecule has 5 nitrogen and oxygen atoms in total. The SMILES string of the molecule is O=C(O)c1ccncc1NCC1CCOc2c(F)cccc21. The van der Waals surface area contributed by atoms with Crippen molar-refractivity contribution in [1.29, 1.82) is 0 Å². The fourth-order valence-corrected chi connectivity index (χ4v) is 2.63. The summed E-state index contributed by atoms with van der Waals surface area (Å²) in [5.41, 5.74) is 1.43. The summed E-state index contributed by atoms with van der Waals surface area (Å²) in [6.07, 6.45) is 3.66. The third-order valence-electron chi connectivity index (χ3n) is 3.74. The lowest BCUT2D eigenvalue weighted by Gasteiger charge is -2.26. The Hall–Kier alpha value is -2.63. The molecule has 0 radical (unpaired) electrons. The molecule has 0 fully saturated rings. The van der Waals surface area contributed by atoms with E-state index in [0.29, 0.717) is 24.6 Å². The summed E-state index contributed by atoms with van der Waals surface area (Å²) in [4.78, 5) is 15.1. The van der Waals surface area contributed by atoms with E-state index >= 15 is 0 Å². The number of halogens is 1. The van der Waals surface area contributed by atoms with Crippen molar-refractivity contribution in [3.63, 3.8) is 0 Å². The number of nitrogens with zero attached hydrogens (tertiary/aromatic N) is 1. The minimum atomic E-state index is -1.01. The van der Waals surface area contributed by atoms with Gasteiger partial charge in [-0.1, -0.05) is 12.1 Å². The van der Waals surface area contributed by atoms with Gasteiger partial charge in [-0.2, -0.15) is 0 Å². The first-order valence-electron chi connectivity index (χ1n) is 6.99. The van der Waals surface area contributed by atoms with Crippen molar-refractivity contribution in [3.8, 4) is 5.75 Å². The van der Waals surface area contributed by atoms with Gasteiger partial charge < -0.3 is 15.2 Å². The fourth-order valence-electron chi connectivity index (χ4n) is 2.63. The number of pyridine rings is 1. The Bertz CT molecular complexity index is 706. The monoisotopic (exact) mass is 302 g/mol. The van der Waals surface area contributed by atoms with E-state index in [4.69, 9.17) is 9.84 Å². The number of hydrogen-bond donors (Lipinski definition) is 2. The number of rotatable bonds is 4. The van der Waals surface area contributed by atoms with Gasteiger partial charge in [0.2, 0.25) is 0 Å². The van der Waals surface area contributed by atoms with Crippen LogP contribution >= 0.6 is 0 Å². The number of para-hydroxylation sites is 1. The molecule has 0 saturated heterocycles. The topological polar surface area (TPSA) is 71.5 Å². The number of benzene rings is 1. The molecule has 2 N–H and O–H groups in total. The van der Waals surface area contributed by atoms with Crippen LogP contribution in [0.2, 0.25) is 0 Å². The molecule has 0 aliphatic carbocycles. The van der Waals surface area contributed by atoms with Gasteiger partial charge in [-0.25, -0.2) is 9.18 Å². The first kappa shape index (κ1) is 14.3. The number of ether oxygens (including phenoxy) is 1. The number of carboxylic acids is 1. The largest absolute Gasteiger partial charge is 0.490 e. The summed E-state index contributed by atoms with van der Waals surface area (Å²) in [6, 6.07) is 6.31. The first-order chi connectivity index (χ1) is 10.7. The fraction of sp³-hybridized carbons (Fsp3) is 0.250. The van der Waals surface area contributed by atoms with Crippen molar-refractivity contribution in [2.75, 3.05) is 18.5 Å². The molecule has 1 unspecified atom stereocenters. The molecule has 22 heavy (non-hydrogen) atoms. The zero-order valence-corrected chi connectivity index (χ0v) is 11.8. The van der Waals surface area contributed by atoms with Crippen LogP contribution in [-0.4, -0.2) is 29.2 Å². The molecule has 114 valence electrons. The van der Waals surface area contributed by atoms with Gasteiger partial charge in [-0.3, -0.25) is 4.98 Å². The maximum Gasteiger partial charge on any atom is 0.337 e. The van der Waals surface area contributed by atoms with Gasteiger partial charge >= 0.3 is 5.97 Å². The summed E-state index contributed by atoms with van der Waals surface area (Å²) in [5, 5.41) is 12.3. The zero-order chi connectivity index (χ0) is 15.5. The molecule has 6 heteroatoms. The number of aromatic carboxylic acids is 1. The quantitative estimate of drug-likeness (QED) is 0.908. The average molecular weight is 302 g/mol. The highest BCUT2D eigenvalue weighted by atomic mass is 19.1. The second-order valence-corrected chi connectivity index (χ2v) is 5.10. The highest BCUT2D eigenvalue weighted by molar-refractivity contribution is 5.93. The standard InChI is InChI=1S/C16H15FN2O3/c17-13-3-1-2-11-10(5-7-22-15(11)13)8-19-14-9-18-6-4-12(14)16(20)21/h1-4,6,9-10,19H,5,7-8H2,(H,20,21). The van der Waals surface area contributed by atoms with Crippen LogP contribution in [0.25, 0.3) is 0 Å². The van der Waals surface area contributed by atoms with Crippen molar-refractivity contribution < 1.29 is 19.0 Å². The van der Waals surface area contributed by atoms with Crippen molar-refractivity contribution in [3.05, 3.63) is 53.6 Å². The minimum Gasteiger partial charge on any atom is -0.490 e. The lowest BCUT2D eigenvalue weighted by molar-refractivity contribution is 0.0697. The van der Waals surface area contributed by atoms with E-state index in [2.05, 4.69) is 10.3 Å². The predicted molar refractivity (Wildman–Crippen MR) is 78.9 cm³/mol. The number of carbonyl (C=O) groups is 1. The molecule has 3 rings (SSSR count). The summed E-state index contributed by atoms with van der Waals surface area (Å²) in [5.74, 6) is -1.02. The lowest BCUT2D eigenvalue weighted by Crippen LogP contribution is -2.22. The van der Waals surface area contributed by atoms with Crippen molar-refractivity contribution >= 4 is 11.7 Å². The summed E-state index contributed by atoms with van der Waals surface area (Å²) >= 11 is 0. The van der Waals surface area contributed by atoms with Crippen LogP contribution in [0.1, 0.15) is 28.3 Å². The van der Waals surface area contributed by atoms with Crippen LogP contribution in [0.4, 0.5) is 10.1 Å². The van der Waals surface area contributed by atoms with Gasteiger partial charge in [0.1, 0.15) is 0 Å². The lowest BCUT2D eigenvalue weighted by atomic mass is 9.93. The van der Waals surface area contributed by atoms with Gasteiger partial charge in [0.25, 0.3) is 0 Å². The maximum atomic E-state index is 13.7. The van der Waals surface area contributed by atoms with Crippen LogP contribution in [0.15, 0.2) is 36.7 Å². The first-order valence-corrected chi connectivity index (χ1v) is 6.99. The number of fused-ring (bicyclic) bond motifs is 1. The van der Waals surface area contributed by atoms with Crippen LogP contribution in [0.5, 0.6) is 5.75 Å². The Labute approximate surface area is 126 Å². The zero-order valence-electron chi connectivity index (χ0n) is 11.8. The second kappa shape index (κ2) is 6.01. The van der Waals surface area contributed by atoms with Crippen LogP contribution in [0.3, 0.4) is 0 Å². The van der Waals surface area contributed by atoms with E-state index in [1.807, 2.05) is 6.07 Å². The van der Waals surface area contributed by atoms with Gasteiger partial charge in [0.15, 0.2) is 11.6 Å². The van der Waals surface area contributed by atoms with Crippen LogP contribution in [0, 0.1) is 5.82 Å². The molecular formula is C16H15FN2O3. The number of nitrogens with one attached hydrogen (secondary N) is 1. The second-order valence-electron chi connectivity index (χ2n) is 5.10. The van der Waals surface area contributed by atoms with E-state index < -0.39 is 5.97 Å². The van der Waals surface area contributed by atoms with Crippen molar-refractivity contribution in [2.45, 2.75) is 12.3 Å². The van der Waals surface area contributed by atoms with Crippen molar-refractivity contribution in [1.82, 2.24) is 4.98 Å². The van der Waals surface area contributed by atoms with Gasteiger partial charge in [0, 0.05) is 24.2 Å². The third-order valence-corrected chi connectivity index (χ3v) is 3.74. The normalized spacial score (nSPS) is 16.5. The maximum absolute atomic E-state index is 13.7. The van der Waals surface area contributed by atoms with E-state index in [1.54, 1.807) is 6.07 Å². The van der Waals surface area contributed by atoms with E-state index in [0.717, 1.165) is 12.0 Å². The highest BCUT2D eigenvalue weighted by Gasteiger charge is 2.24. The smallest absolute Gasteiger partial charge is 0.337 e. The summed E-state index contributed by atoms with van der Waals surface area (Å²) in [6.45, 7) is 0.935. The molecular weight excluding hydrogens is 287 g/mol. The third kappa shape index (κ3) is 2.72. The highest BCUT2D eigenvalue weighted by Crippen LogP contribution is 2.35. The molecule has 1 aliphatic heterocycles. The molecule has 0 saturated carbocycles. The molecule has 2 aromatic rings. The number of anilines is 1. The van der Waals surface area contributed by atoms with Crippen LogP contribution < -0.4 is 10.1 Å². The molecule has 0 amide bonds. The molecule has 0 bridgehead atoms. The minimum absolute atomic E-state index is 0.0568. The van der Waals surface area contributed by atoms with Gasteiger partial charge in [-0.15, -0.1) is 0 Å². The molecule has 1 aromatic carbocycles. The van der Waals surface area contributed by atoms with Gasteiger partial charge in [0.05, 0.1) is 24.1 Å². The Morgan fingerprint density at radius 1 is 1.45 bits per heavy atom. The summed E-state index contributed by atoms with van der Waals surface area (Å²) in [7, 11) is 0. The average Bonchev–Trinajstić information content (AvgIpc) is 2.53. The predicted octanol–water partition coefficient (Wildman–Crippen LogP) is 2.90.